The first-order chi connectivity index (χ1) is 15.4. The number of carbonyl (C=O) groups excluding carboxylic acids is 2. The van der Waals surface area contributed by atoms with Gasteiger partial charge in [-0.05, 0) is 56.4 Å². The van der Waals surface area contributed by atoms with Gasteiger partial charge >= 0.3 is 0 Å². The molecule has 6 nitrogen and oxygen atoms in total. The van der Waals surface area contributed by atoms with Crippen LogP contribution in [0.5, 0.6) is 5.75 Å². The fourth-order valence-electron chi connectivity index (χ4n) is 4.04. The van der Waals surface area contributed by atoms with Crippen LogP contribution in [0.25, 0.3) is 5.76 Å². The van der Waals surface area contributed by atoms with Crippen molar-refractivity contribution in [2.24, 2.45) is 0 Å². The number of aliphatic hydroxyl groups is 1. The Balaban J connectivity index is 2.03. The first-order valence-electron chi connectivity index (χ1n) is 10.8. The smallest absolute Gasteiger partial charge is 0.295 e. The van der Waals surface area contributed by atoms with Crippen LogP contribution in [0.1, 0.15) is 37.4 Å². The number of ketones is 1. The van der Waals surface area contributed by atoms with Crippen LogP contribution in [0.15, 0.2) is 54.1 Å². The van der Waals surface area contributed by atoms with Crippen LogP contribution >= 0.6 is 0 Å². The van der Waals surface area contributed by atoms with Crippen molar-refractivity contribution < 1.29 is 23.8 Å². The molecule has 1 aliphatic heterocycles. The Morgan fingerprint density at radius 3 is 2.34 bits per heavy atom. The van der Waals surface area contributed by atoms with Gasteiger partial charge in [0, 0.05) is 17.7 Å². The Morgan fingerprint density at radius 2 is 1.75 bits per heavy atom. The van der Waals surface area contributed by atoms with E-state index in [1.54, 1.807) is 42.5 Å². The lowest BCUT2D eigenvalue weighted by atomic mass is 9.95. The highest BCUT2D eigenvalue weighted by Gasteiger charge is 2.46. The molecule has 0 bridgehead atoms. The van der Waals surface area contributed by atoms with Crippen molar-refractivity contribution >= 4 is 17.4 Å². The third-order valence-electron chi connectivity index (χ3n) is 5.87. The molecule has 0 aliphatic carbocycles. The lowest BCUT2D eigenvalue weighted by Gasteiger charge is -2.27. The molecule has 3 rings (SSSR count). The van der Waals surface area contributed by atoms with Gasteiger partial charge in [0.05, 0.1) is 18.7 Å². The minimum Gasteiger partial charge on any atom is -0.507 e. The van der Waals surface area contributed by atoms with Gasteiger partial charge < -0.3 is 19.6 Å². The predicted octanol–water partition coefficient (Wildman–Crippen LogP) is 3.99. The maximum Gasteiger partial charge on any atom is 0.295 e. The van der Waals surface area contributed by atoms with Crippen molar-refractivity contribution in [3.63, 3.8) is 0 Å². The summed E-state index contributed by atoms with van der Waals surface area (Å²) >= 11 is 0. The first kappa shape index (κ1) is 23.5. The van der Waals surface area contributed by atoms with E-state index in [0.717, 1.165) is 19.6 Å². The molecule has 1 heterocycles. The minimum atomic E-state index is -0.991. The molecule has 0 saturated carbocycles. The number of amides is 1. The number of hydrogen-bond donors (Lipinski definition) is 1. The Labute approximate surface area is 187 Å². The summed E-state index contributed by atoms with van der Waals surface area (Å²) in [6, 6.07) is 11.5. The summed E-state index contributed by atoms with van der Waals surface area (Å²) < 4.78 is 19.9. The van der Waals surface area contributed by atoms with E-state index in [1.165, 1.54) is 18.1 Å². The summed E-state index contributed by atoms with van der Waals surface area (Å²) in [6.07, 6.45) is 0.627. The predicted molar refractivity (Wildman–Crippen MR) is 121 cm³/mol. The van der Waals surface area contributed by atoms with Crippen molar-refractivity contribution in [3.8, 4) is 5.75 Å². The van der Waals surface area contributed by atoms with Gasteiger partial charge in [-0.3, -0.25) is 9.59 Å². The Hall–Kier alpha value is -3.19. The highest BCUT2D eigenvalue weighted by Crippen LogP contribution is 2.40. The maximum atomic E-state index is 14.8. The molecule has 7 heteroatoms. The number of aliphatic hydroxyl groups excluding tert-OH is 1. The van der Waals surface area contributed by atoms with Crippen molar-refractivity contribution in [1.29, 1.82) is 0 Å². The molecule has 2 aromatic carbocycles. The molecule has 0 aromatic heterocycles. The molecule has 1 atom stereocenters. The SMILES string of the molecule is CCN(CC)CCCN1C(=O)C(=O)/C(=C(/O)c2ccc(OC)cc2)C1c1ccccc1F. The number of ether oxygens (including phenoxy) is 1. The van der Waals surface area contributed by atoms with E-state index in [-0.39, 0.29) is 23.4 Å². The van der Waals surface area contributed by atoms with Gasteiger partial charge in [-0.25, -0.2) is 4.39 Å². The van der Waals surface area contributed by atoms with Crippen molar-refractivity contribution in [2.45, 2.75) is 26.3 Å². The van der Waals surface area contributed by atoms with Gasteiger partial charge in [-0.1, -0.05) is 32.0 Å². The lowest BCUT2D eigenvalue weighted by molar-refractivity contribution is -0.140. The molecule has 32 heavy (non-hydrogen) atoms. The van der Waals surface area contributed by atoms with Crippen molar-refractivity contribution in [1.82, 2.24) is 9.80 Å². The Kier molecular flexibility index (Phi) is 7.64. The molecular formula is C25H29FN2O4. The number of likely N-dealkylation sites (tertiary alicyclic amines) is 1. The second-order valence-electron chi connectivity index (χ2n) is 7.62. The average molecular weight is 441 g/mol. The fraction of sp³-hybridized carbons (Fsp3) is 0.360. The molecule has 1 aliphatic rings. The maximum absolute atomic E-state index is 14.8. The Morgan fingerprint density at radius 1 is 1.09 bits per heavy atom. The number of Topliss-reactive ketones (excluding diaryl/α,β-unsaturated/α-hetero) is 1. The summed E-state index contributed by atoms with van der Waals surface area (Å²) in [5, 5.41) is 11.0. The number of benzene rings is 2. The van der Waals surface area contributed by atoms with Crippen molar-refractivity contribution in [2.75, 3.05) is 33.3 Å². The fourth-order valence-corrected chi connectivity index (χ4v) is 4.04. The van der Waals surface area contributed by atoms with Gasteiger partial charge in [0.2, 0.25) is 0 Å². The van der Waals surface area contributed by atoms with Crippen LogP contribution in [-0.2, 0) is 9.59 Å². The second kappa shape index (κ2) is 10.4. The van der Waals surface area contributed by atoms with E-state index in [0.29, 0.717) is 17.7 Å². The quantitative estimate of drug-likeness (QED) is 0.363. The van der Waals surface area contributed by atoms with Crippen LogP contribution < -0.4 is 4.74 Å². The molecular weight excluding hydrogens is 411 g/mol. The van der Waals surface area contributed by atoms with Gasteiger partial charge in [0.1, 0.15) is 17.3 Å². The monoisotopic (exact) mass is 440 g/mol. The average Bonchev–Trinajstić information content (AvgIpc) is 3.06. The zero-order chi connectivity index (χ0) is 23.3. The molecule has 0 radical (unpaired) electrons. The number of halogens is 1. The van der Waals surface area contributed by atoms with E-state index in [1.807, 2.05) is 0 Å². The number of rotatable bonds is 9. The molecule has 2 aromatic rings. The molecule has 170 valence electrons. The van der Waals surface area contributed by atoms with Crippen LogP contribution in [0.2, 0.25) is 0 Å². The van der Waals surface area contributed by atoms with Crippen LogP contribution in [0.4, 0.5) is 4.39 Å². The van der Waals surface area contributed by atoms with Gasteiger partial charge in [-0.2, -0.15) is 0 Å². The number of hydrogen-bond acceptors (Lipinski definition) is 5. The molecule has 1 fully saturated rings. The largest absolute Gasteiger partial charge is 0.507 e. The molecule has 1 saturated heterocycles. The van der Waals surface area contributed by atoms with E-state index in [4.69, 9.17) is 4.74 Å². The number of methoxy groups -OCH3 is 1. The summed E-state index contributed by atoms with van der Waals surface area (Å²) in [5.74, 6) is -1.81. The van der Waals surface area contributed by atoms with E-state index < -0.39 is 23.5 Å². The molecule has 1 amide bonds. The topological polar surface area (TPSA) is 70.1 Å². The third kappa shape index (κ3) is 4.67. The summed E-state index contributed by atoms with van der Waals surface area (Å²) in [4.78, 5) is 29.5. The van der Waals surface area contributed by atoms with Crippen LogP contribution in [0, 0.1) is 5.82 Å². The van der Waals surface area contributed by atoms with Gasteiger partial charge in [-0.15, -0.1) is 0 Å². The van der Waals surface area contributed by atoms with Crippen LogP contribution in [0.3, 0.4) is 0 Å². The van der Waals surface area contributed by atoms with Gasteiger partial charge in [0.15, 0.2) is 0 Å². The van der Waals surface area contributed by atoms with Gasteiger partial charge in [0.25, 0.3) is 11.7 Å². The Bertz CT molecular complexity index is 999. The summed E-state index contributed by atoms with van der Waals surface area (Å²) in [7, 11) is 1.52. The van der Waals surface area contributed by atoms with E-state index >= 15 is 0 Å². The summed E-state index contributed by atoms with van der Waals surface area (Å²) in [6.45, 7) is 6.90. The van der Waals surface area contributed by atoms with Crippen molar-refractivity contribution in [3.05, 3.63) is 71.0 Å². The summed E-state index contributed by atoms with van der Waals surface area (Å²) in [5.41, 5.74) is 0.436. The van der Waals surface area contributed by atoms with E-state index in [2.05, 4.69) is 18.7 Å². The number of carbonyl (C=O) groups is 2. The standard InChI is InChI=1S/C25H29FN2O4/c1-4-27(5-2)15-8-16-28-22(19-9-6-7-10-20(19)26)21(24(30)25(28)31)23(29)17-11-13-18(32-3)14-12-17/h6-7,9-14,22,29H,4-5,8,15-16H2,1-3H3/b23-21+. The lowest BCUT2D eigenvalue weighted by Crippen LogP contribution is -2.33. The third-order valence-corrected chi connectivity index (χ3v) is 5.87. The molecule has 1 unspecified atom stereocenters. The zero-order valence-corrected chi connectivity index (χ0v) is 18.7. The first-order valence-corrected chi connectivity index (χ1v) is 10.8. The number of nitrogens with zero attached hydrogens (tertiary/aromatic N) is 2. The zero-order valence-electron chi connectivity index (χ0n) is 18.7. The highest BCUT2D eigenvalue weighted by molar-refractivity contribution is 6.46. The van der Waals surface area contributed by atoms with E-state index in [9.17, 15) is 19.1 Å². The highest BCUT2D eigenvalue weighted by atomic mass is 19.1. The second-order valence-corrected chi connectivity index (χ2v) is 7.62. The molecule has 0 spiro atoms. The van der Waals surface area contributed by atoms with Crippen LogP contribution in [-0.4, -0.2) is 59.9 Å². The minimum absolute atomic E-state index is 0.104. The molecule has 1 N–H and O–H groups in total. The normalized spacial score (nSPS) is 17.9.